The first kappa shape index (κ1) is 23.7. The van der Waals surface area contributed by atoms with Crippen molar-refractivity contribution in [3.8, 4) is 5.75 Å². The highest BCUT2D eigenvalue weighted by molar-refractivity contribution is 6.51. The number of aromatic nitrogens is 2. The number of hydrogen-bond acceptors (Lipinski definition) is 6. The van der Waals surface area contributed by atoms with E-state index in [1.54, 1.807) is 18.2 Å². The van der Waals surface area contributed by atoms with Crippen molar-refractivity contribution in [1.29, 1.82) is 0 Å². The number of nitrogens with one attached hydrogen (secondary N) is 1. The van der Waals surface area contributed by atoms with E-state index < -0.39 is 23.5 Å². The molecule has 2 N–H and O–H groups in total. The van der Waals surface area contributed by atoms with Gasteiger partial charge in [0.05, 0.1) is 29.3 Å². The van der Waals surface area contributed by atoms with Crippen LogP contribution < -0.4 is 14.5 Å². The second-order valence-electron chi connectivity index (χ2n) is 9.65. The first-order chi connectivity index (χ1) is 18.3. The molecule has 1 amide bonds. The van der Waals surface area contributed by atoms with Gasteiger partial charge in [-0.2, -0.15) is 0 Å². The third kappa shape index (κ3) is 3.87. The van der Waals surface area contributed by atoms with Gasteiger partial charge in [0.1, 0.15) is 17.3 Å². The fourth-order valence-corrected chi connectivity index (χ4v) is 5.07. The molecule has 8 nitrogen and oxygen atoms in total. The van der Waals surface area contributed by atoms with Gasteiger partial charge in [0, 0.05) is 25.3 Å². The molecule has 4 aromatic rings. The molecular formula is C29H25FN4O4. The molecule has 1 saturated heterocycles. The van der Waals surface area contributed by atoms with Gasteiger partial charge in [0.2, 0.25) is 5.95 Å². The van der Waals surface area contributed by atoms with Gasteiger partial charge in [-0.1, -0.05) is 12.1 Å². The van der Waals surface area contributed by atoms with E-state index in [-0.39, 0.29) is 17.3 Å². The molecule has 3 heterocycles. The number of carbonyl (C=O) groups excluding carboxylic acids is 2. The third-order valence-corrected chi connectivity index (χ3v) is 7.01. The number of anilines is 2. The van der Waals surface area contributed by atoms with Crippen LogP contribution in [0.3, 0.4) is 0 Å². The summed E-state index contributed by atoms with van der Waals surface area (Å²) in [4.78, 5) is 37.5. The SMILES string of the molecule is CN(C)c1ccc(C2/C(=C(\O)c3ccc4c(c3)CCCO4)C(=O)C(=O)N2c2nc3ccc(F)cc3[nH]2)cc1. The monoisotopic (exact) mass is 512 g/mol. The van der Waals surface area contributed by atoms with Crippen LogP contribution in [0.4, 0.5) is 16.0 Å². The number of aliphatic hydroxyl groups is 1. The van der Waals surface area contributed by atoms with Gasteiger partial charge < -0.3 is 19.7 Å². The zero-order valence-electron chi connectivity index (χ0n) is 20.9. The van der Waals surface area contributed by atoms with Crippen LogP contribution in [0.5, 0.6) is 5.75 Å². The normalized spacial score (nSPS) is 18.5. The number of halogens is 1. The minimum absolute atomic E-state index is 0.0454. The van der Waals surface area contributed by atoms with Gasteiger partial charge in [-0.15, -0.1) is 0 Å². The second kappa shape index (κ2) is 9.02. The van der Waals surface area contributed by atoms with Crippen LogP contribution in [0.15, 0.2) is 66.2 Å². The van der Waals surface area contributed by atoms with Crippen molar-refractivity contribution >= 4 is 40.1 Å². The van der Waals surface area contributed by atoms with Crippen LogP contribution in [-0.2, 0) is 16.0 Å². The number of nitrogens with zero attached hydrogens (tertiary/aromatic N) is 3. The largest absolute Gasteiger partial charge is 0.507 e. The van der Waals surface area contributed by atoms with Crippen molar-refractivity contribution in [3.63, 3.8) is 0 Å². The van der Waals surface area contributed by atoms with Gasteiger partial charge >= 0.3 is 5.91 Å². The zero-order valence-corrected chi connectivity index (χ0v) is 20.9. The number of aromatic amines is 1. The number of aryl methyl sites for hydroxylation is 1. The molecule has 0 aliphatic carbocycles. The summed E-state index contributed by atoms with van der Waals surface area (Å²) in [7, 11) is 3.82. The first-order valence-corrected chi connectivity index (χ1v) is 12.3. The van der Waals surface area contributed by atoms with Crippen LogP contribution in [0.1, 0.15) is 29.2 Å². The Kier molecular flexibility index (Phi) is 5.63. The summed E-state index contributed by atoms with van der Waals surface area (Å²) < 4.78 is 19.5. The summed E-state index contributed by atoms with van der Waals surface area (Å²) in [5.41, 5.74) is 3.69. The average molecular weight is 513 g/mol. The van der Waals surface area contributed by atoms with Crippen LogP contribution >= 0.6 is 0 Å². The molecule has 192 valence electrons. The molecule has 3 aromatic carbocycles. The van der Waals surface area contributed by atoms with Crippen molar-refractivity contribution in [2.45, 2.75) is 18.9 Å². The maximum Gasteiger partial charge on any atom is 0.302 e. The zero-order chi connectivity index (χ0) is 26.6. The lowest BCUT2D eigenvalue weighted by Gasteiger charge is -2.24. The molecular weight excluding hydrogens is 487 g/mol. The molecule has 9 heteroatoms. The van der Waals surface area contributed by atoms with Crippen LogP contribution in [0.25, 0.3) is 16.8 Å². The van der Waals surface area contributed by atoms with Gasteiger partial charge in [0.25, 0.3) is 5.78 Å². The minimum Gasteiger partial charge on any atom is -0.507 e. The molecule has 0 saturated carbocycles. The van der Waals surface area contributed by atoms with E-state index in [1.807, 2.05) is 43.3 Å². The Balaban J connectivity index is 1.53. The predicted octanol–water partition coefficient (Wildman–Crippen LogP) is 4.72. The second-order valence-corrected chi connectivity index (χ2v) is 9.65. The van der Waals surface area contributed by atoms with Crippen molar-refractivity contribution in [2.24, 2.45) is 0 Å². The third-order valence-electron chi connectivity index (χ3n) is 7.01. The maximum atomic E-state index is 13.8. The molecule has 38 heavy (non-hydrogen) atoms. The summed E-state index contributed by atoms with van der Waals surface area (Å²) in [5.74, 6) is -1.56. The lowest BCUT2D eigenvalue weighted by molar-refractivity contribution is -0.132. The van der Waals surface area contributed by atoms with Crippen LogP contribution in [0.2, 0.25) is 0 Å². The predicted molar refractivity (Wildman–Crippen MR) is 142 cm³/mol. The van der Waals surface area contributed by atoms with E-state index >= 15 is 0 Å². The highest BCUT2D eigenvalue weighted by atomic mass is 19.1. The number of amides is 1. The fourth-order valence-electron chi connectivity index (χ4n) is 5.07. The maximum absolute atomic E-state index is 13.8. The lowest BCUT2D eigenvalue weighted by atomic mass is 9.94. The summed E-state index contributed by atoms with van der Waals surface area (Å²) in [6.45, 7) is 0.633. The molecule has 1 aromatic heterocycles. The number of fused-ring (bicyclic) bond motifs is 2. The Hall–Kier alpha value is -4.66. The van der Waals surface area contributed by atoms with Gasteiger partial charge in [-0.05, 0) is 72.5 Å². The van der Waals surface area contributed by atoms with E-state index in [0.717, 1.165) is 29.8 Å². The van der Waals surface area contributed by atoms with E-state index in [9.17, 15) is 19.1 Å². The Bertz CT molecular complexity index is 1620. The topological polar surface area (TPSA) is 98.8 Å². The Morgan fingerprint density at radius 3 is 2.66 bits per heavy atom. The highest BCUT2D eigenvalue weighted by Gasteiger charge is 2.48. The van der Waals surface area contributed by atoms with Crippen LogP contribution in [0, 0.1) is 5.82 Å². The molecule has 2 aliphatic rings. The Labute approximate surface area is 218 Å². The van der Waals surface area contributed by atoms with Crippen molar-refractivity contribution < 1.29 is 23.8 Å². The highest BCUT2D eigenvalue weighted by Crippen LogP contribution is 2.42. The number of hydrogen-bond donors (Lipinski definition) is 2. The number of H-pyrrole nitrogens is 1. The van der Waals surface area contributed by atoms with E-state index in [4.69, 9.17) is 4.74 Å². The smallest absolute Gasteiger partial charge is 0.302 e. The number of benzene rings is 3. The average Bonchev–Trinajstić information content (AvgIpc) is 3.45. The van der Waals surface area contributed by atoms with E-state index in [2.05, 4.69) is 9.97 Å². The van der Waals surface area contributed by atoms with Gasteiger partial charge in [-0.3, -0.25) is 14.5 Å². The fraction of sp³-hybridized carbons (Fsp3) is 0.207. The molecule has 1 fully saturated rings. The molecule has 0 radical (unpaired) electrons. The van der Waals surface area contributed by atoms with Crippen molar-refractivity contribution in [1.82, 2.24) is 9.97 Å². The summed E-state index contributed by atoms with van der Waals surface area (Å²) in [6, 6.07) is 15.7. The number of ether oxygens (including phenoxy) is 1. The standard InChI is InChI=1S/C29H25FN4O4/c1-33(2)20-9-5-16(6-10-20)25-24(26(35)18-7-12-23-17(14-18)4-3-13-38-23)27(36)28(37)34(25)29-31-21-11-8-19(30)15-22(21)32-29/h5-12,14-15,25,35H,3-4,13H2,1-2H3,(H,31,32)/b26-24+. The number of carbonyl (C=O) groups is 2. The summed E-state index contributed by atoms with van der Waals surface area (Å²) in [5, 5.41) is 11.5. The van der Waals surface area contributed by atoms with E-state index in [0.29, 0.717) is 28.8 Å². The Morgan fingerprint density at radius 2 is 1.89 bits per heavy atom. The molecule has 0 spiro atoms. The number of rotatable bonds is 4. The van der Waals surface area contributed by atoms with Crippen molar-refractivity contribution in [3.05, 3.63) is 88.7 Å². The quantitative estimate of drug-likeness (QED) is 0.233. The summed E-state index contributed by atoms with van der Waals surface area (Å²) >= 11 is 0. The van der Waals surface area contributed by atoms with Crippen LogP contribution in [-0.4, -0.2) is 47.5 Å². The first-order valence-electron chi connectivity index (χ1n) is 12.3. The van der Waals surface area contributed by atoms with Gasteiger partial charge in [0.15, 0.2) is 0 Å². The molecule has 1 unspecified atom stereocenters. The van der Waals surface area contributed by atoms with Crippen molar-refractivity contribution in [2.75, 3.05) is 30.5 Å². The Morgan fingerprint density at radius 1 is 1.11 bits per heavy atom. The lowest BCUT2D eigenvalue weighted by Crippen LogP contribution is -2.30. The number of aliphatic hydroxyl groups excluding tert-OH is 1. The summed E-state index contributed by atoms with van der Waals surface area (Å²) in [6.07, 6.45) is 1.64. The molecule has 1 atom stereocenters. The van der Waals surface area contributed by atoms with Gasteiger partial charge in [-0.25, -0.2) is 9.37 Å². The number of ketones is 1. The minimum atomic E-state index is -0.955. The number of imidazole rings is 1. The molecule has 2 aliphatic heterocycles. The molecule has 0 bridgehead atoms. The number of Topliss-reactive ketones (excluding diaryl/α,β-unsaturated/α-hetero) is 1. The van der Waals surface area contributed by atoms with E-state index in [1.165, 1.54) is 23.1 Å². The molecule has 6 rings (SSSR count).